The van der Waals surface area contributed by atoms with E-state index in [0.717, 1.165) is 0 Å². The van der Waals surface area contributed by atoms with Crippen LogP contribution in [0.1, 0.15) is 16.8 Å². The minimum absolute atomic E-state index is 0.00747. The van der Waals surface area contributed by atoms with Crippen molar-refractivity contribution in [3.8, 4) is 22.9 Å². The maximum absolute atomic E-state index is 12.1. The van der Waals surface area contributed by atoms with Crippen LogP contribution in [0.25, 0.3) is 11.1 Å². The first-order valence-corrected chi connectivity index (χ1v) is 9.70. The fraction of sp³-hybridized carbons (Fsp3) is 0.0500. The Morgan fingerprint density at radius 2 is 1.79 bits per heavy atom. The maximum Gasteiger partial charge on any atom is 0.286 e. The van der Waals surface area contributed by atoms with E-state index in [-0.39, 0.29) is 16.4 Å². The molecule has 2 aromatic carbocycles. The molecule has 8 heteroatoms. The lowest BCUT2D eigenvalue weighted by molar-refractivity contribution is 0.554. The van der Waals surface area contributed by atoms with E-state index in [0.29, 0.717) is 28.1 Å². The Hall–Kier alpha value is -3.70. The molecule has 3 aromatic rings. The second-order valence-corrected chi connectivity index (χ2v) is 7.75. The molecule has 0 aliphatic carbocycles. The van der Waals surface area contributed by atoms with Crippen molar-refractivity contribution in [3.05, 3.63) is 81.8 Å². The molecule has 138 valence electrons. The number of nitriles is 1. The van der Waals surface area contributed by atoms with Gasteiger partial charge < -0.3 is 9.72 Å². The predicted molar refractivity (Wildman–Crippen MR) is 103 cm³/mol. The fourth-order valence-corrected chi connectivity index (χ4v) is 4.13. The standard InChI is InChI=1S/C20H13N3O4S/c1-12-10-16(17(11-21)19(24)22-12)13-6-8-14(9-7-13)27-20-15-4-2-3-5-18(15)28(25,26)23-20/h2-10H,1H3,(H,22,24). The SMILES string of the molecule is Cc1cc(-c2ccc(OC3=NS(=O)(=O)c4ccccc43)cc2)c(C#N)c(=O)[nH]1. The van der Waals surface area contributed by atoms with E-state index in [9.17, 15) is 18.5 Å². The molecule has 0 amide bonds. The lowest BCUT2D eigenvalue weighted by atomic mass is 10.0. The summed E-state index contributed by atoms with van der Waals surface area (Å²) in [4.78, 5) is 14.7. The van der Waals surface area contributed by atoms with Crippen LogP contribution >= 0.6 is 0 Å². The van der Waals surface area contributed by atoms with E-state index in [1.54, 1.807) is 55.5 Å². The molecule has 28 heavy (non-hydrogen) atoms. The number of hydrogen-bond donors (Lipinski definition) is 1. The van der Waals surface area contributed by atoms with Crippen molar-refractivity contribution < 1.29 is 13.2 Å². The molecule has 0 fully saturated rings. The Kier molecular flexibility index (Phi) is 4.09. The van der Waals surface area contributed by atoms with E-state index >= 15 is 0 Å². The minimum Gasteiger partial charge on any atom is -0.438 e. The lowest BCUT2D eigenvalue weighted by Crippen LogP contribution is -2.12. The highest BCUT2D eigenvalue weighted by atomic mass is 32.2. The van der Waals surface area contributed by atoms with E-state index in [1.807, 2.05) is 6.07 Å². The molecule has 0 radical (unpaired) electrons. The smallest absolute Gasteiger partial charge is 0.286 e. The highest BCUT2D eigenvalue weighted by Crippen LogP contribution is 2.29. The van der Waals surface area contributed by atoms with Gasteiger partial charge in [0.1, 0.15) is 22.3 Å². The van der Waals surface area contributed by atoms with E-state index in [4.69, 9.17) is 4.74 Å². The van der Waals surface area contributed by atoms with Gasteiger partial charge in [0, 0.05) is 11.3 Å². The Labute approximate surface area is 160 Å². The zero-order valence-corrected chi connectivity index (χ0v) is 15.4. The third kappa shape index (κ3) is 2.98. The molecule has 0 unspecified atom stereocenters. The average Bonchev–Trinajstić information content (AvgIpc) is 2.92. The number of nitrogens with zero attached hydrogens (tertiary/aromatic N) is 2. The minimum atomic E-state index is -3.76. The van der Waals surface area contributed by atoms with E-state index in [1.165, 1.54) is 6.07 Å². The first-order valence-electron chi connectivity index (χ1n) is 8.26. The Morgan fingerprint density at radius 3 is 2.50 bits per heavy atom. The summed E-state index contributed by atoms with van der Waals surface area (Å²) in [5.74, 6) is 0.391. The number of aromatic amines is 1. The van der Waals surface area contributed by atoms with Crippen molar-refractivity contribution >= 4 is 15.9 Å². The van der Waals surface area contributed by atoms with Gasteiger partial charge in [-0.15, -0.1) is 4.40 Å². The molecule has 1 N–H and O–H groups in total. The van der Waals surface area contributed by atoms with Gasteiger partial charge in [0.05, 0.1) is 5.56 Å². The van der Waals surface area contributed by atoms with Gasteiger partial charge >= 0.3 is 0 Å². The van der Waals surface area contributed by atoms with Crippen LogP contribution in [0, 0.1) is 18.3 Å². The summed E-state index contributed by atoms with van der Waals surface area (Å²) < 4.78 is 33.6. The summed E-state index contributed by atoms with van der Waals surface area (Å²) in [5, 5.41) is 9.27. The number of pyridine rings is 1. The molecule has 7 nitrogen and oxygen atoms in total. The van der Waals surface area contributed by atoms with Gasteiger partial charge in [-0.05, 0) is 42.8 Å². The van der Waals surface area contributed by atoms with Crippen LogP contribution in [-0.4, -0.2) is 19.3 Å². The predicted octanol–water partition coefficient (Wildman–Crippen LogP) is 2.75. The highest BCUT2D eigenvalue weighted by molar-refractivity contribution is 7.90. The second kappa shape index (κ2) is 6.48. The number of ether oxygens (including phenoxy) is 1. The molecule has 1 aliphatic rings. The van der Waals surface area contributed by atoms with Crippen molar-refractivity contribution in [3.63, 3.8) is 0 Å². The molecule has 0 atom stereocenters. The van der Waals surface area contributed by atoms with Crippen molar-refractivity contribution in [1.29, 1.82) is 5.26 Å². The van der Waals surface area contributed by atoms with Crippen LogP contribution in [0.15, 0.2) is 68.7 Å². The number of benzene rings is 2. The summed E-state index contributed by atoms with van der Waals surface area (Å²) in [6.45, 7) is 1.74. The van der Waals surface area contributed by atoms with Crippen LogP contribution in [0.3, 0.4) is 0 Å². The van der Waals surface area contributed by atoms with Crippen molar-refractivity contribution in [2.24, 2.45) is 4.40 Å². The summed E-state index contributed by atoms with van der Waals surface area (Å²) in [6.07, 6.45) is 0. The number of H-pyrrole nitrogens is 1. The monoisotopic (exact) mass is 391 g/mol. The molecular weight excluding hydrogens is 378 g/mol. The first kappa shape index (κ1) is 17.7. The molecule has 4 rings (SSSR count). The Bertz CT molecular complexity index is 1330. The quantitative estimate of drug-likeness (QED) is 0.722. The van der Waals surface area contributed by atoms with E-state index in [2.05, 4.69) is 9.38 Å². The molecule has 0 saturated heterocycles. The molecular formula is C20H13N3O4S. The van der Waals surface area contributed by atoms with Gasteiger partial charge in [-0.3, -0.25) is 4.79 Å². The number of nitrogens with one attached hydrogen (secondary N) is 1. The zero-order chi connectivity index (χ0) is 19.9. The van der Waals surface area contributed by atoms with Gasteiger partial charge in [-0.2, -0.15) is 13.7 Å². The summed E-state index contributed by atoms with van der Waals surface area (Å²) in [6, 6.07) is 16.7. The van der Waals surface area contributed by atoms with Gasteiger partial charge in [-0.1, -0.05) is 24.3 Å². The third-order valence-electron chi connectivity index (χ3n) is 4.26. The molecule has 0 saturated carbocycles. The summed E-state index contributed by atoms with van der Waals surface area (Å²) >= 11 is 0. The molecule has 0 spiro atoms. The number of aryl methyl sites for hydroxylation is 1. The average molecular weight is 391 g/mol. The summed E-state index contributed by atoms with van der Waals surface area (Å²) in [5.41, 5.74) is 1.81. The number of rotatable bonds is 2. The number of aromatic nitrogens is 1. The van der Waals surface area contributed by atoms with Gasteiger partial charge in [0.2, 0.25) is 5.90 Å². The fourth-order valence-electron chi connectivity index (χ4n) is 2.99. The van der Waals surface area contributed by atoms with Crippen LogP contribution < -0.4 is 10.3 Å². The van der Waals surface area contributed by atoms with Crippen molar-refractivity contribution in [1.82, 2.24) is 4.98 Å². The van der Waals surface area contributed by atoms with Gasteiger partial charge in [0.15, 0.2) is 0 Å². The van der Waals surface area contributed by atoms with Gasteiger partial charge in [0.25, 0.3) is 15.6 Å². The molecule has 1 aliphatic heterocycles. The zero-order valence-electron chi connectivity index (χ0n) is 14.6. The number of sulfonamides is 1. The van der Waals surface area contributed by atoms with Crippen molar-refractivity contribution in [2.75, 3.05) is 0 Å². The van der Waals surface area contributed by atoms with Crippen LogP contribution in [0.4, 0.5) is 0 Å². The highest BCUT2D eigenvalue weighted by Gasteiger charge is 2.30. The maximum atomic E-state index is 12.1. The molecule has 2 heterocycles. The van der Waals surface area contributed by atoms with Crippen LogP contribution in [-0.2, 0) is 10.0 Å². The second-order valence-electron chi connectivity index (χ2n) is 6.18. The van der Waals surface area contributed by atoms with Crippen LogP contribution in [0.2, 0.25) is 0 Å². The normalized spacial score (nSPS) is 14.1. The molecule has 1 aromatic heterocycles. The Morgan fingerprint density at radius 1 is 1.07 bits per heavy atom. The number of fused-ring (bicyclic) bond motifs is 1. The topological polar surface area (TPSA) is 112 Å². The number of hydrogen-bond acceptors (Lipinski definition) is 5. The largest absolute Gasteiger partial charge is 0.438 e. The van der Waals surface area contributed by atoms with Crippen molar-refractivity contribution in [2.45, 2.75) is 11.8 Å². The van der Waals surface area contributed by atoms with Gasteiger partial charge in [-0.25, -0.2) is 0 Å². The Balaban J connectivity index is 1.68. The third-order valence-corrected chi connectivity index (χ3v) is 5.58. The summed E-state index contributed by atoms with van der Waals surface area (Å²) in [7, 11) is -3.76. The first-order chi connectivity index (χ1) is 13.4. The van der Waals surface area contributed by atoms with Crippen LogP contribution in [0.5, 0.6) is 5.75 Å². The van der Waals surface area contributed by atoms with E-state index < -0.39 is 15.6 Å². The lowest BCUT2D eigenvalue weighted by Gasteiger charge is -2.08. The molecule has 0 bridgehead atoms.